The molecule has 0 bridgehead atoms. The van der Waals surface area contributed by atoms with Crippen LogP contribution in [-0.2, 0) is 11.2 Å². The Morgan fingerprint density at radius 1 is 1.27 bits per heavy atom. The lowest BCUT2D eigenvalue weighted by molar-refractivity contribution is 0.0186. The standard InChI is InChI=1S/C19H28N4O2S/c1-2-20-19(21-8-7-16-5-3-11-25-16)22-15-17(18-6-4-14-26-18)23-9-12-24-13-10-23/h3-6,11,14,17H,2,7-10,12-13,15H2,1H3,(H2,20,21,22). The SMILES string of the molecule is CCNC(=NCC(c1cccs1)N1CCOCC1)NCCc1ccco1. The molecule has 26 heavy (non-hydrogen) atoms. The first-order valence-corrected chi connectivity index (χ1v) is 10.1. The Morgan fingerprint density at radius 2 is 2.15 bits per heavy atom. The monoisotopic (exact) mass is 376 g/mol. The van der Waals surface area contributed by atoms with E-state index in [0.717, 1.165) is 64.1 Å². The van der Waals surface area contributed by atoms with Crippen molar-refractivity contribution in [1.29, 1.82) is 0 Å². The lowest BCUT2D eigenvalue weighted by Crippen LogP contribution is -2.42. The second-order valence-corrected chi connectivity index (χ2v) is 7.13. The fourth-order valence-electron chi connectivity index (χ4n) is 3.03. The van der Waals surface area contributed by atoms with E-state index in [1.54, 1.807) is 17.6 Å². The number of ether oxygens (including phenoxy) is 1. The van der Waals surface area contributed by atoms with Gasteiger partial charge in [-0.3, -0.25) is 9.89 Å². The molecule has 6 nitrogen and oxygen atoms in total. The number of hydrogen-bond acceptors (Lipinski definition) is 5. The molecule has 0 amide bonds. The van der Waals surface area contributed by atoms with Crippen LogP contribution in [0.15, 0.2) is 45.3 Å². The first kappa shape index (κ1) is 18.9. The van der Waals surface area contributed by atoms with Gasteiger partial charge in [0.05, 0.1) is 32.1 Å². The Balaban J connectivity index is 1.60. The van der Waals surface area contributed by atoms with E-state index in [4.69, 9.17) is 14.1 Å². The summed E-state index contributed by atoms with van der Waals surface area (Å²) in [5.74, 6) is 1.84. The third kappa shape index (κ3) is 5.59. The van der Waals surface area contributed by atoms with Crippen LogP contribution < -0.4 is 10.6 Å². The van der Waals surface area contributed by atoms with Crippen LogP contribution in [0.25, 0.3) is 0 Å². The van der Waals surface area contributed by atoms with Gasteiger partial charge in [0, 0.05) is 37.5 Å². The molecule has 0 aliphatic carbocycles. The summed E-state index contributed by atoms with van der Waals surface area (Å²) in [5, 5.41) is 8.87. The second kappa shape index (κ2) is 10.4. The number of nitrogens with one attached hydrogen (secondary N) is 2. The summed E-state index contributed by atoms with van der Waals surface area (Å²) in [5.41, 5.74) is 0. The molecule has 2 aromatic heterocycles. The highest BCUT2D eigenvalue weighted by Gasteiger charge is 2.23. The zero-order chi connectivity index (χ0) is 18.0. The number of thiophene rings is 1. The first-order valence-electron chi connectivity index (χ1n) is 9.26. The lowest BCUT2D eigenvalue weighted by Gasteiger charge is -2.33. The van der Waals surface area contributed by atoms with E-state index in [1.165, 1.54) is 4.88 Å². The normalized spacial score (nSPS) is 17.2. The van der Waals surface area contributed by atoms with Crippen LogP contribution in [0.1, 0.15) is 23.6 Å². The molecule has 0 aromatic carbocycles. The van der Waals surface area contributed by atoms with Gasteiger partial charge in [-0.05, 0) is 30.5 Å². The minimum absolute atomic E-state index is 0.305. The smallest absolute Gasteiger partial charge is 0.191 e. The molecule has 0 spiro atoms. The molecular weight excluding hydrogens is 348 g/mol. The van der Waals surface area contributed by atoms with Gasteiger partial charge in [-0.2, -0.15) is 0 Å². The van der Waals surface area contributed by atoms with Crippen LogP contribution in [0.2, 0.25) is 0 Å². The molecule has 0 radical (unpaired) electrons. The quantitative estimate of drug-likeness (QED) is 0.548. The molecule has 1 saturated heterocycles. The van der Waals surface area contributed by atoms with Crippen molar-refractivity contribution in [3.8, 4) is 0 Å². The number of nitrogens with zero attached hydrogens (tertiary/aromatic N) is 2. The van der Waals surface area contributed by atoms with E-state index >= 15 is 0 Å². The molecule has 3 heterocycles. The van der Waals surface area contributed by atoms with E-state index in [0.29, 0.717) is 6.04 Å². The minimum atomic E-state index is 0.305. The minimum Gasteiger partial charge on any atom is -0.469 e. The number of hydrogen-bond donors (Lipinski definition) is 2. The molecule has 1 unspecified atom stereocenters. The number of aliphatic imine (C=N–C) groups is 1. The number of guanidine groups is 1. The van der Waals surface area contributed by atoms with Gasteiger partial charge in [0.15, 0.2) is 5.96 Å². The van der Waals surface area contributed by atoms with Crippen LogP contribution in [-0.4, -0.2) is 56.8 Å². The molecule has 1 aliphatic heterocycles. The van der Waals surface area contributed by atoms with Crippen LogP contribution in [0.4, 0.5) is 0 Å². The third-order valence-corrected chi connectivity index (χ3v) is 5.34. The van der Waals surface area contributed by atoms with Crippen LogP contribution in [0.5, 0.6) is 0 Å². The summed E-state index contributed by atoms with van der Waals surface area (Å²) in [6.07, 6.45) is 2.55. The average Bonchev–Trinajstić information content (AvgIpc) is 3.37. The molecule has 1 atom stereocenters. The van der Waals surface area contributed by atoms with E-state index < -0.39 is 0 Å². The van der Waals surface area contributed by atoms with Crippen LogP contribution >= 0.6 is 11.3 Å². The van der Waals surface area contributed by atoms with Gasteiger partial charge >= 0.3 is 0 Å². The summed E-state index contributed by atoms with van der Waals surface area (Å²) in [6, 6.07) is 8.54. The summed E-state index contributed by atoms with van der Waals surface area (Å²) in [4.78, 5) is 8.69. The zero-order valence-corrected chi connectivity index (χ0v) is 16.1. The highest BCUT2D eigenvalue weighted by Crippen LogP contribution is 2.26. The van der Waals surface area contributed by atoms with Gasteiger partial charge in [0.25, 0.3) is 0 Å². The molecule has 2 N–H and O–H groups in total. The Morgan fingerprint density at radius 3 is 2.85 bits per heavy atom. The molecule has 1 aliphatic rings. The molecule has 2 aromatic rings. The summed E-state index contributed by atoms with van der Waals surface area (Å²) in [6.45, 7) is 7.97. The predicted molar refractivity (Wildman–Crippen MR) is 106 cm³/mol. The Labute approximate surface area is 159 Å². The largest absolute Gasteiger partial charge is 0.469 e. The van der Waals surface area contributed by atoms with Crippen LogP contribution in [0, 0.1) is 0 Å². The van der Waals surface area contributed by atoms with Crippen molar-refractivity contribution in [2.45, 2.75) is 19.4 Å². The fourth-order valence-corrected chi connectivity index (χ4v) is 3.89. The topological polar surface area (TPSA) is 62.0 Å². The Hall–Kier alpha value is -1.83. The predicted octanol–water partition coefficient (Wildman–Crippen LogP) is 2.51. The summed E-state index contributed by atoms with van der Waals surface area (Å²) in [7, 11) is 0. The first-order chi connectivity index (χ1) is 12.9. The number of furan rings is 1. The van der Waals surface area contributed by atoms with E-state index in [-0.39, 0.29) is 0 Å². The van der Waals surface area contributed by atoms with Gasteiger partial charge in [-0.15, -0.1) is 11.3 Å². The average molecular weight is 377 g/mol. The van der Waals surface area contributed by atoms with E-state index in [1.807, 2.05) is 12.1 Å². The molecule has 1 fully saturated rings. The van der Waals surface area contributed by atoms with Gasteiger partial charge in [0.2, 0.25) is 0 Å². The van der Waals surface area contributed by atoms with Crippen molar-refractivity contribution in [3.05, 3.63) is 46.5 Å². The fraction of sp³-hybridized carbons (Fsp3) is 0.526. The van der Waals surface area contributed by atoms with Crippen molar-refractivity contribution in [1.82, 2.24) is 15.5 Å². The van der Waals surface area contributed by atoms with Gasteiger partial charge in [-0.1, -0.05) is 6.07 Å². The second-order valence-electron chi connectivity index (χ2n) is 6.16. The van der Waals surface area contributed by atoms with Crippen molar-refractivity contribution in [2.75, 3.05) is 45.9 Å². The lowest BCUT2D eigenvalue weighted by atomic mass is 10.2. The summed E-state index contributed by atoms with van der Waals surface area (Å²) >= 11 is 1.80. The van der Waals surface area contributed by atoms with Crippen molar-refractivity contribution >= 4 is 17.3 Å². The zero-order valence-electron chi connectivity index (χ0n) is 15.3. The highest BCUT2D eigenvalue weighted by atomic mass is 32.1. The maximum atomic E-state index is 5.51. The van der Waals surface area contributed by atoms with E-state index in [2.05, 4.69) is 40.0 Å². The maximum absolute atomic E-state index is 5.51. The highest BCUT2D eigenvalue weighted by molar-refractivity contribution is 7.10. The van der Waals surface area contributed by atoms with Crippen molar-refractivity contribution in [3.63, 3.8) is 0 Å². The molecular formula is C19H28N4O2S. The maximum Gasteiger partial charge on any atom is 0.191 e. The van der Waals surface area contributed by atoms with Crippen molar-refractivity contribution in [2.24, 2.45) is 4.99 Å². The van der Waals surface area contributed by atoms with E-state index in [9.17, 15) is 0 Å². The van der Waals surface area contributed by atoms with Gasteiger partial charge < -0.3 is 19.8 Å². The van der Waals surface area contributed by atoms with Crippen LogP contribution in [0.3, 0.4) is 0 Å². The molecule has 7 heteroatoms. The number of rotatable bonds is 8. The summed E-state index contributed by atoms with van der Waals surface area (Å²) < 4.78 is 10.9. The molecule has 3 rings (SSSR count). The van der Waals surface area contributed by atoms with Gasteiger partial charge in [0.1, 0.15) is 5.76 Å². The number of morpholine rings is 1. The van der Waals surface area contributed by atoms with Gasteiger partial charge in [-0.25, -0.2) is 0 Å². The Kier molecular flexibility index (Phi) is 7.54. The molecule has 142 valence electrons. The molecule has 0 saturated carbocycles. The van der Waals surface area contributed by atoms with Crippen molar-refractivity contribution < 1.29 is 9.15 Å². The third-order valence-electron chi connectivity index (χ3n) is 4.37. The Bertz CT molecular complexity index is 637.